The number of ether oxygens (including phenoxy) is 2. The van der Waals surface area contributed by atoms with E-state index >= 15 is 0 Å². The number of hydrogen-bond acceptors (Lipinski definition) is 7. The molecule has 1 saturated heterocycles. The number of anilines is 2. The predicted octanol–water partition coefficient (Wildman–Crippen LogP) is 6.06. The predicted molar refractivity (Wildman–Crippen MR) is 147 cm³/mol. The second kappa shape index (κ2) is 12.1. The van der Waals surface area contributed by atoms with Crippen molar-refractivity contribution >= 4 is 55.8 Å². The smallest absolute Gasteiger partial charge is 0.308 e. The molecular weight excluding hydrogens is 548 g/mol. The molecular formula is C28H30ClF2N3O4S. The summed E-state index contributed by atoms with van der Waals surface area (Å²) in [6.07, 6.45) is 2.15. The fraction of sp³-hybridized carbons (Fsp3) is 0.464. The van der Waals surface area contributed by atoms with Gasteiger partial charge in [-0.15, -0.1) is 0 Å². The van der Waals surface area contributed by atoms with Crippen LogP contribution in [0.2, 0.25) is 5.02 Å². The van der Waals surface area contributed by atoms with Gasteiger partial charge in [-0.05, 0) is 61.6 Å². The lowest BCUT2D eigenvalue weighted by Gasteiger charge is -2.30. The maximum absolute atomic E-state index is 14.3. The zero-order valence-corrected chi connectivity index (χ0v) is 23.1. The van der Waals surface area contributed by atoms with Gasteiger partial charge >= 0.3 is 5.97 Å². The van der Waals surface area contributed by atoms with Gasteiger partial charge in [-0.1, -0.05) is 29.0 Å². The molecule has 1 aliphatic heterocycles. The summed E-state index contributed by atoms with van der Waals surface area (Å²) in [5, 5.41) is 4.15. The van der Waals surface area contributed by atoms with E-state index in [1.807, 2.05) is 0 Å². The molecule has 1 amide bonds. The normalized spacial score (nSPS) is 23.2. The van der Waals surface area contributed by atoms with Gasteiger partial charge in [0.05, 0.1) is 65.7 Å². The summed E-state index contributed by atoms with van der Waals surface area (Å²) < 4.78 is 39.4. The van der Waals surface area contributed by atoms with Crippen LogP contribution in [0.1, 0.15) is 37.7 Å². The molecule has 1 aliphatic carbocycles. The Kier molecular flexibility index (Phi) is 8.64. The molecule has 11 heteroatoms. The number of nitrogens with zero attached hydrogens (tertiary/aromatic N) is 2. The summed E-state index contributed by atoms with van der Waals surface area (Å²) in [4.78, 5) is 30.9. The van der Waals surface area contributed by atoms with Crippen molar-refractivity contribution in [2.45, 2.75) is 56.8 Å². The Bertz CT molecular complexity index is 1350. The molecule has 2 aliphatic rings. The van der Waals surface area contributed by atoms with Crippen LogP contribution in [0, 0.1) is 11.7 Å². The third kappa shape index (κ3) is 6.67. The lowest BCUT2D eigenvalue weighted by Crippen LogP contribution is -2.40. The van der Waals surface area contributed by atoms with Crippen LogP contribution in [-0.2, 0) is 25.5 Å². The number of halogens is 3. The molecule has 0 unspecified atom stereocenters. The van der Waals surface area contributed by atoms with Crippen LogP contribution in [0.4, 0.5) is 19.6 Å². The standard InChI is InChI=1S/C28H30ClF2N3O4S/c1-37-27(36)17-3-6-21(7-4-17)38-15-20-12-19(31)14-34(20)26(35)11-16-2-8-23(22(29)10-16)32-28-33-24-9-5-18(30)13-25(24)39-28/h2,5,8-10,13,17,19-21H,3-4,6-7,11-12,14-15H2,1H3,(H,32,33)/t17-,19-,20-,21-/m0/s1. The Morgan fingerprint density at radius 3 is 2.72 bits per heavy atom. The van der Waals surface area contributed by atoms with Gasteiger partial charge in [0, 0.05) is 6.42 Å². The lowest BCUT2D eigenvalue weighted by molar-refractivity contribution is -0.148. The van der Waals surface area contributed by atoms with Crippen LogP contribution in [0.15, 0.2) is 36.4 Å². The van der Waals surface area contributed by atoms with E-state index < -0.39 is 6.17 Å². The second-order valence-corrected chi connectivity index (χ2v) is 11.5. The topological polar surface area (TPSA) is 80.8 Å². The maximum Gasteiger partial charge on any atom is 0.308 e. The summed E-state index contributed by atoms with van der Waals surface area (Å²) >= 11 is 7.81. The number of hydrogen-bond donors (Lipinski definition) is 1. The summed E-state index contributed by atoms with van der Waals surface area (Å²) in [7, 11) is 1.40. The zero-order chi connectivity index (χ0) is 27.5. The van der Waals surface area contributed by atoms with E-state index in [1.165, 1.54) is 30.6 Å². The average molecular weight is 578 g/mol. The van der Waals surface area contributed by atoms with Crippen molar-refractivity contribution in [3.63, 3.8) is 0 Å². The molecule has 1 N–H and O–H groups in total. The van der Waals surface area contributed by atoms with Crippen molar-refractivity contribution in [1.82, 2.24) is 9.88 Å². The van der Waals surface area contributed by atoms with Crippen LogP contribution in [-0.4, -0.2) is 60.3 Å². The molecule has 0 radical (unpaired) electrons. The molecule has 0 spiro atoms. The number of alkyl halides is 1. The number of carbonyl (C=O) groups excluding carboxylic acids is 2. The van der Waals surface area contributed by atoms with Crippen LogP contribution in [0.25, 0.3) is 10.2 Å². The van der Waals surface area contributed by atoms with E-state index in [9.17, 15) is 18.4 Å². The molecule has 208 valence electrons. The van der Waals surface area contributed by atoms with E-state index in [-0.39, 0.29) is 61.8 Å². The highest BCUT2D eigenvalue weighted by Gasteiger charge is 2.36. The molecule has 1 aromatic heterocycles. The Hall–Kier alpha value is -2.82. The highest BCUT2D eigenvalue weighted by Crippen LogP contribution is 2.33. The molecule has 2 aromatic carbocycles. The highest BCUT2D eigenvalue weighted by atomic mass is 35.5. The first kappa shape index (κ1) is 27.7. The number of likely N-dealkylation sites (tertiary alicyclic amines) is 1. The van der Waals surface area contributed by atoms with Crippen LogP contribution in [0.3, 0.4) is 0 Å². The van der Waals surface area contributed by atoms with Gasteiger partial charge in [-0.2, -0.15) is 0 Å². The highest BCUT2D eigenvalue weighted by molar-refractivity contribution is 7.22. The molecule has 7 nitrogen and oxygen atoms in total. The lowest BCUT2D eigenvalue weighted by atomic mass is 9.87. The van der Waals surface area contributed by atoms with Crippen molar-refractivity contribution in [2.24, 2.45) is 5.92 Å². The molecule has 5 rings (SSSR count). The van der Waals surface area contributed by atoms with E-state index in [4.69, 9.17) is 21.1 Å². The van der Waals surface area contributed by atoms with E-state index in [2.05, 4.69) is 10.3 Å². The van der Waals surface area contributed by atoms with Crippen molar-refractivity contribution in [2.75, 3.05) is 25.6 Å². The molecule has 2 fully saturated rings. The summed E-state index contributed by atoms with van der Waals surface area (Å²) in [6, 6.07) is 9.37. The number of aromatic nitrogens is 1. The minimum atomic E-state index is -1.09. The largest absolute Gasteiger partial charge is 0.469 e. The van der Waals surface area contributed by atoms with Crippen molar-refractivity contribution in [1.29, 1.82) is 0 Å². The first-order valence-electron chi connectivity index (χ1n) is 13.0. The fourth-order valence-electron chi connectivity index (χ4n) is 5.32. The number of carbonyl (C=O) groups is 2. The number of esters is 1. The SMILES string of the molecule is COC(=O)[C@H]1CC[C@H](OC[C@@H]2C[C@H](F)CN2C(=O)Cc2ccc(Nc3nc4ccc(F)cc4s3)c(Cl)c2)CC1. The molecule has 0 bridgehead atoms. The van der Waals surface area contributed by atoms with Crippen LogP contribution in [0.5, 0.6) is 0 Å². The second-order valence-electron chi connectivity index (χ2n) is 10.1. The average Bonchev–Trinajstić information content (AvgIpc) is 3.50. The van der Waals surface area contributed by atoms with Gasteiger partial charge in [0.15, 0.2) is 5.13 Å². The van der Waals surface area contributed by atoms with Gasteiger partial charge in [0.25, 0.3) is 0 Å². The maximum atomic E-state index is 14.3. The summed E-state index contributed by atoms with van der Waals surface area (Å²) in [6.45, 7) is 0.322. The minimum absolute atomic E-state index is 0.00480. The number of amides is 1. The molecule has 2 atom stereocenters. The van der Waals surface area contributed by atoms with E-state index in [1.54, 1.807) is 29.2 Å². The third-order valence-corrected chi connectivity index (χ3v) is 8.64. The number of rotatable bonds is 8. The van der Waals surface area contributed by atoms with Crippen molar-refractivity contribution in [3.8, 4) is 0 Å². The van der Waals surface area contributed by atoms with Gasteiger partial charge in [0.2, 0.25) is 5.91 Å². The number of thiazole rings is 1. The fourth-order valence-corrected chi connectivity index (χ4v) is 6.47. The molecule has 1 saturated carbocycles. The van der Waals surface area contributed by atoms with Gasteiger partial charge in [-0.25, -0.2) is 13.8 Å². The monoisotopic (exact) mass is 577 g/mol. The van der Waals surface area contributed by atoms with E-state index in [0.717, 1.165) is 17.5 Å². The Balaban J connectivity index is 1.16. The van der Waals surface area contributed by atoms with Crippen LogP contribution < -0.4 is 5.32 Å². The van der Waals surface area contributed by atoms with Crippen molar-refractivity contribution in [3.05, 3.63) is 52.8 Å². The first-order chi connectivity index (χ1) is 18.8. The zero-order valence-electron chi connectivity index (χ0n) is 21.5. The Morgan fingerprint density at radius 1 is 1.18 bits per heavy atom. The number of nitrogens with one attached hydrogen (secondary N) is 1. The van der Waals surface area contributed by atoms with Crippen LogP contribution >= 0.6 is 22.9 Å². The molecule has 2 heterocycles. The Labute approximate surface area is 234 Å². The summed E-state index contributed by atoms with van der Waals surface area (Å²) in [5.41, 5.74) is 2.02. The number of methoxy groups -OCH3 is 1. The molecule has 39 heavy (non-hydrogen) atoms. The minimum Gasteiger partial charge on any atom is -0.469 e. The van der Waals surface area contributed by atoms with Gasteiger partial charge < -0.3 is 19.7 Å². The quantitative estimate of drug-likeness (QED) is 0.328. The first-order valence-corrected chi connectivity index (χ1v) is 14.2. The van der Waals surface area contributed by atoms with Crippen molar-refractivity contribution < 1.29 is 27.8 Å². The van der Waals surface area contributed by atoms with E-state index in [0.29, 0.717) is 39.8 Å². The van der Waals surface area contributed by atoms with Gasteiger partial charge in [-0.3, -0.25) is 9.59 Å². The third-order valence-electron chi connectivity index (χ3n) is 7.40. The molecule has 3 aromatic rings. The Morgan fingerprint density at radius 2 is 1.97 bits per heavy atom. The number of benzene rings is 2. The summed E-state index contributed by atoms with van der Waals surface area (Å²) in [5.74, 6) is -0.769. The number of fused-ring (bicyclic) bond motifs is 1. The van der Waals surface area contributed by atoms with Gasteiger partial charge in [0.1, 0.15) is 12.0 Å².